The molecule has 124 valence electrons. The quantitative estimate of drug-likeness (QED) is 0.831. The van der Waals surface area contributed by atoms with E-state index in [1.165, 1.54) is 14.0 Å². The Bertz CT molecular complexity index is 824. The number of furan rings is 1. The third-order valence-corrected chi connectivity index (χ3v) is 4.88. The minimum absolute atomic E-state index is 0.0663. The average molecular weight is 358 g/mol. The van der Waals surface area contributed by atoms with Crippen LogP contribution in [0.5, 0.6) is 0 Å². The lowest BCUT2D eigenvalue weighted by Crippen LogP contribution is -2.22. The predicted octanol–water partition coefficient (Wildman–Crippen LogP) is 2.99. The van der Waals surface area contributed by atoms with Crippen LogP contribution in [0.1, 0.15) is 23.0 Å². The Morgan fingerprint density at radius 3 is 2.43 bits per heavy atom. The molecule has 1 aromatic carbocycles. The molecule has 0 aliphatic heterocycles. The lowest BCUT2D eigenvalue weighted by atomic mass is 10.1. The average Bonchev–Trinajstić information content (AvgIpc) is 2.86. The third kappa shape index (κ3) is 3.41. The Hall–Kier alpha value is -1.83. The summed E-state index contributed by atoms with van der Waals surface area (Å²) < 4.78 is 37.5. The van der Waals surface area contributed by atoms with Crippen molar-refractivity contribution in [2.24, 2.45) is 0 Å². The Kier molecular flexibility index (Phi) is 5.13. The molecular formula is C15H16ClNO5S. The molecule has 0 atom stereocenters. The van der Waals surface area contributed by atoms with Gasteiger partial charge < -0.3 is 9.15 Å². The molecular weight excluding hydrogens is 342 g/mol. The minimum atomic E-state index is -3.94. The number of rotatable bonds is 5. The number of carbonyl (C=O) groups excluding carboxylic acids is 1. The monoisotopic (exact) mass is 357 g/mol. The van der Waals surface area contributed by atoms with Crippen molar-refractivity contribution in [2.75, 3.05) is 13.7 Å². The van der Waals surface area contributed by atoms with E-state index in [0.717, 1.165) is 0 Å². The van der Waals surface area contributed by atoms with E-state index in [1.807, 2.05) is 0 Å². The summed E-state index contributed by atoms with van der Waals surface area (Å²) in [6, 6.07) is 6.44. The molecule has 0 aliphatic carbocycles. The molecule has 0 radical (unpaired) electrons. The zero-order chi connectivity index (χ0) is 17.2. The van der Waals surface area contributed by atoms with Crippen LogP contribution in [0, 0.1) is 6.92 Å². The van der Waals surface area contributed by atoms with Gasteiger partial charge in [0.25, 0.3) is 0 Å². The zero-order valence-corrected chi connectivity index (χ0v) is 14.4. The van der Waals surface area contributed by atoms with Crippen molar-refractivity contribution >= 4 is 27.6 Å². The number of aryl methyl sites for hydroxylation is 1. The fraction of sp³-hybridized carbons (Fsp3) is 0.267. The number of sulfonamides is 1. The molecule has 0 bridgehead atoms. The molecule has 8 heteroatoms. The highest BCUT2D eigenvalue weighted by Crippen LogP contribution is 2.35. The molecule has 0 saturated carbocycles. The van der Waals surface area contributed by atoms with Crippen LogP contribution in [-0.4, -0.2) is 28.0 Å². The highest BCUT2D eigenvalue weighted by Gasteiger charge is 2.33. The molecule has 0 unspecified atom stereocenters. The molecule has 0 aliphatic rings. The molecule has 0 fully saturated rings. The molecule has 2 rings (SSSR count). The Morgan fingerprint density at radius 1 is 1.30 bits per heavy atom. The summed E-state index contributed by atoms with van der Waals surface area (Å²) in [6.07, 6.45) is 0. The van der Waals surface area contributed by atoms with Crippen LogP contribution in [0.4, 0.5) is 0 Å². The van der Waals surface area contributed by atoms with Crippen molar-refractivity contribution in [3.05, 3.63) is 40.6 Å². The first kappa shape index (κ1) is 17.5. The van der Waals surface area contributed by atoms with E-state index < -0.39 is 16.0 Å². The first-order chi connectivity index (χ1) is 10.8. The Morgan fingerprint density at radius 2 is 1.91 bits per heavy atom. The molecule has 1 aromatic heterocycles. The molecule has 1 N–H and O–H groups in total. The van der Waals surface area contributed by atoms with Crippen LogP contribution in [0.3, 0.4) is 0 Å². The summed E-state index contributed by atoms with van der Waals surface area (Å²) in [6.45, 7) is 3.28. The van der Waals surface area contributed by atoms with E-state index >= 15 is 0 Å². The number of hydrogen-bond donors (Lipinski definition) is 1. The maximum atomic E-state index is 12.4. The summed E-state index contributed by atoms with van der Waals surface area (Å²) in [5.41, 5.74) is 0.382. The van der Waals surface area contributed by atoms with E-state index in [0.29, 0.717) is 10.6 Å². The third-order valence-electron chi connectivity index (χ3n) is 3.16. The first-order valence-corrected chi connectivity index (χ1v) is 8.68. The van der Waals surface area contributed by atoms with Gasteiger partial charge in [-0.3, -0.25) is 0 Å². The van der Waals surface area contributed by atoms with E-state index in [1.54, 1.807) is 31.2 Å². The van der Waals surface area contributed by atoms with E-state index in [4.69, 9.17) is 20.8 Å². The van der Waals surface area contributed by atoms with E-state index in [2.05, 4.69) is 4.72 Å². The summed E-state index contributed by atoms with van der Waals surface area (Å²) in [5.74, 6) is -0.512. The van der Waals surface area contributed by atoms with Gasteiger partial charge in [0.2, 0.25) is 10.0 Å². The van der Waals surface area contributed by atoms with Crippen molar-refractivity contribution in [1.82, 2.24) is 4.72 Å². The first-order valence-electron chi connectivity index (χ1n) is 6.81. The molecule has 23 heavy (non-hydrogen) atoms. The normalized spacial score (nSPS) is 11.5. The number of hydrogen-bond acceptors (Lipinski definition) is 5. The molecule has 6 nitrogen and oxygen atoms in total. The van der Waals surface area contributed by atoms with E-state index in [-0.39, 0.29) is 28.6 Å². The molecule has 0 amide bonds. The van der Waals surface area contributed by atoms with Crippen LogP contribution >= 0.6 is 11.6 Å². The standard InChI is InChI=1S/C15H16ClNO5S/c1-4-21-15(18)12-9(2)22-13(14(12)23(19,20)17-3)10-5-7-11(16)8-6-10/h5-8,17H,4H2,1-3H3. The number of carbonyl (C=O) groups is 1. The van der Waals surface area contributed by atoms with Crippen LogP contribution in [0.2, 0.25) is 5.02 Å². The maximum Gasteiger partial charge on any atom is 0.343 e. The van der Waals surface area contributed by atoms with Gasteiger partial charge in [-0.15, -0.1) is 0 Å². The SMILES string of the molecule is CCOC(=O)c1c(C)oc(-c2ccc(Cl)cc2)c1S(=O)(=O)NC. The summed E-state index contributed by atoms with van der Waals surface area (Å²) in [4.78, 5) is 11.9. The second-order valence-electron chi connectivity index (χ2n) is 4.63. The van der Waals surface area contributed by atoms with Gasteiger partial charge in [-0.25, -0.2) is 17.9 Å². The highest BCUT2D eigenvalue weighted by atomic mass is 35.5. The molecule has 1 heterocycles. The number of ether oxygens (including phenoxy) is 1. The van der Waals surface area contributed by atoms with Crippen molar-refractivity contribution in [3.63, 3.8) is 0 Å². The van der Waals surface area contributed by atoms with Crippen molar-refractivity contribution < 1.29 is 22.4 Å². The van der Waals surface area contributed by atoms with Gasteiger partial charge in [-0.1, -0.05) is 11.6 Å². The van der Waals surface area contributed by atoms with Gasteiger partial charge in [0.1, 0.15) is 16.2 Å². The second-order valence-corrected chi connectivity index (χ2v) is 6.89. The number of esters is 1. The predicted molar refractivity (Wildman–Crippen MR) is 86.1 cm³/mol. The minimum Gasteiger partial charge on any atom is -0.462 e. The highest BCUT2D eigenvalue weighted by molar-refractivity contribution is 7.89. The van der Waals surface area contributed by atoms with Gasteiger partial charge in [-0.2, -0.15) is 0 Å². The lowest BCUT2D eigenvalue weighted by molar-refractivity contribution is 0.0520. The van der Waals surface area contributed by atoms with Crippen molar-refractivity contribution in [2.45, 2.75) is 18.7 Å². The number of benzene rings is 1. The van der Waals surface area contributed by atoms with Crippen LogP contribution in [-0.2, 0) is 14.8 Å². The topological polar surface area (TPSA) is 85.6 Å². The second kappa shape index (κ2) is 6.74. The lowest BCUT2D eigenvalue weighted by Gasteiger charge is -2.06. The fourth-order valence-electron chi connectivity index (χ4n) is 2.11. The van der Waals surface area contributed by atoms with Crippen molar-refractivity contribution in [3.8, 4) is 11.3 Å². The van der Waals surface area contributed by atoms with Gasteiger partial charge in [0, 0.05) is 10.6 Å². The van der Waals surface area contributed by atoms with Gasteiger partial charge in [-0.05, 0) is 45.2 Å². The number of halogens is 1. The Balaban J connectivity index is 2.75. The van der Waals surface area contributed by atoms with Gasteiger partial charge in [0.15, 0.2) is 5.76 Å². The summed E-state index contributed by atoms with van der Waals surface area (Å²) in [5, 5.41) is 0.501. The zero-order valence-electron chi connectivity index (χ0n) is 12.8. The largest absolute Gasteiger partial charge is 0.462 e. The summed E-state index contributed by atoms with van der Waals surface area (Å²) in [7, 11) is -2.68. The maximum absolute atomic E-state index is 12.4. The molecule has 2 aromatic rings. The van der Waals surface area contributed by atoms with Crippen molar-refractivity contribution in [1.29, 1.82) is 0 Å². The smallest absolute Gasteiger partial charge is 0.343 e. The summed E-state index contributed by atoms with van der Waals surface area (Å²) >= 11 is 5.85. The van der Waals surface area contributed by atoms with Crippen LogP contribution in [0.25, 0.3) is 11.3 Å². The van der Waals surface area contributed by atoms with Crippen LogP contribution < -0.4 is 4.72 Å². The van der Waals surface area contributed by atoms with E-state index in [9.17, 15) is 13.2 Å². The molecule has 0 spiro atoms. The Labute approximate surface area is 139 Å². The van der Waals surface area contributed by atoms with Gasteiger partial charge >= 0.3 is 5.97 Å². The van der Waals surface area contributed by atoms with Gasteiger partial charge in [0.05, 0.1) is 6.61 Å². The van der Waals surface area contributed by atoms with Crippen LogP contribution in [0.15, 0.2) is 33.6 Å². The fourth-order valence-corrected chi connectivity index (χ4v) is 3.34. The molecule has 0 saturated heterocycles. The number of nitrogens with one attached hydrogen (secondary N) is 1.